The van der Waals surface area contributed by atoms with Gasteiger partial charge in [0, 0.05) is 43.1 Å². The van der Waals surface area contributed by atoms with Gasteiger partial charge < -0.3 is 15.4 Å². The molecule has 2 amide bonds. The Labute approximate surface area is 179 Å². The molecule has 2 atom stereocenters. The molecule has 0 bridgehead atoms. The summed E-state index contributed by atoms with van der Waals surface area (Å²) in [6.07, 6.45) is 9.07. The number of likely N-dealkylation sites (tertiary alicyclic amines) is 1. The number of urea groups is 1. The first-order chi connectivity index (χ1) is 14.3. The van der Waals surface area contributed by atoms with Crippen molar-refractivity contribution in [2.45, 2.75) is 63.1 Å². The summed E-state index contributed by atoms with van der Waals surface area (Å²) < 4.78 is 5.51. The van der Waals surface area contributed by atoms with Gasteiger partial charge in [0.05, 0.1) is 19.3 Å². The summed E-state index contributed by atoms with van der Waals surface area (Å²) in [6, 6.07) is 5.49. The first-order valence-corrected chi connectivity index (χ1v) is 12.3. The molecule has 6 nitrogen and oxygen atoms in total. The summed E-state index contributed by atoms with van der Waals surface area (Å²) in [5.74, 6) is 0. The molecular weight excluding hydrogens is 384 g/mol. The average molecular weight is 421 g/mol. The van der Waals surface area contributed by atoms with Crippen LogP contribution in [0.3, 0.4) is 0 Å². The minimum atomic E-state index is -0.0182. The van der Waals surface area contributed by atoms with Gasteiger partial charge >= 0.3 is 6.03 Å². The topological polar surface area (TPSA) is 56.8 Å². The Hall–Kier alpha value is -1.15. The SMILES string of the molecule is O=C(NCC(c1cccs1)N1CCOCC1)NC1CCCN(C2CCCCC2)C1. The molecule has 162 valence electrons. The van der Waals surface area contributed by atoms with Gasteiger partial charge in [-0.2, -0.15) is 0 Å². The van der Waals surface area contributed by atoms with Crippen LogP contribution < -0.4 is 10.6 Å². The number of rotatable bonds is 6. The van der Waals surface area contributed by atoms with Crippen molar-refractivity contribution in [3.05, 3.63) is 22.4 Å². The fourth-order valence-electron chi connectivity index (χ4n) is 5.11. The number of carbonyl (C=O) groups is 1. The fraction of sp³-hybridized carbons (Fsp3) is 0.773. The van der Waals surface area contributed by atoms with Crippen molar-refractivity contribution in [3.63, 3.8) is 0 Å². The maximum Gasteiger partial charge on any atom is 0.315 e. The zero-order valence-electron chi connectivity index (χ0n) is 17.5. The van der Waals surface area contributed by atoms with E-state index in [4.69, 9.17) is 4.74 Å². The standard InChI is InChI=1S/C22H36N4O2S/c27-22(24-18-6-4-10-26(17-18)19-7-2-1-3-8-19)23-16-20(21-9-5-15-29-21)25-11-13-28-14-12-25/h5,9,15,18-20H,1-4,6-8,10-14,16-17H2,(H2,23,24,27). The molecule has 3 heterocycles. The fourth-order valence-corrected chi connectivity index (χ4v) is 5.97. The highest BCUT2D eigenvalue weighted by molar-refractivity contribution is 7.10. The van der Waals surface area contributed by atoms with Crippen molar-refractivity contribution in [2.24, 2.45) is 0 Å². The molecule has 1 aliphatic carbocycles. The lowest BCUT2D eigenvalue weighted by molar-refractivity contribution is 0.0173. The van der Waals surface area contributed by atoms with E-state index in [9.17, 15) is 4.79 Å². The molecule has 2 unspecified atom stereocenters. The van der Waals surface area contributed by atoms with Crippen molar-refractivity contribution in [2.75, 3.05) is 45.9 Å². The third-order valence-corrected chi connectivity index (χ3v) is 7.67. The minimum absolute atomic E-state index is 0.0182. The molecule has 0 radical (unpaired) electrons. The van der Waals surface area contributed by atoms with Gasteiger partial charge in [-0.3, -0.25) is 9.80 Å². The number of hydrogen-bond acceptors (Lipinski definition) is 5. The highest BCUT2D eigenvalue weighted by Crippen LogP contribution is 2.26. The van der Waals surface area contributed by atoms with E-state index in [0.29, 0.717) is 6.54 Å². The number of morpholine rings is 1. The normalized spacial score (nSPS) is 26.1. The quantitative estimate of drug-likeness (QED) is 0.742. The molecule has 1 saturated carbocycles. The summed E-state index contributed by atoms with van der Waals surface area (Å²) in [4.78, 5) is 19.1. The molecule has 3 fully saturated rings. The van der Waals surface area contributed by atoms with E-state index in [-0.39, 0.29) is 18.1 Å². The van der Waals surface area contributed by atoms with Crippen molar-refractivity contribution in [1.29, 1.82) is 0 Å². The molecule has 4 rings (SSSR count). The van der Waals surface area contributed by atoms with E-state index in [1.165, 1.54) is 49.9 Å². The third kappa shape index (κ3) is 5.94. The molecule has 1 aromatic rings. The number of hydrogen-bond donors (Lipinski definition) is 2. The molecule has 0 aromatic carbocycles. The number of ether oxygens (including phenoxy) is 1. The Kier molecular flexibility index (Phi) is 7.82. The maximum atomic E-state index is 12.7. The molecular formula is C22H36N4O2S. The summed E-state index contributed by atoms with van der Waals surface area (Å²) in [5.41, 5.74) is 0. The number of nitrogens with zero attached hydrogens (tertiary/aromatic N) is 2. The van der Waals surface area contributed by atoms with Crippen LogP contribution >= 0.6 is 11.3 Å². The van der Waals surface area contributed by atoms with Crippen molar-refractivity contribution in [1.82, 2.24) is 20.4 Å². The lowest BCUT2D eigenvalue weighted by Crippen LogP contribution is -2.54. The largest absolute Gasteiger partial charge is 0.379 e. The monoisotopic (exact) mass is 420 g/mol. The van der Waals surface area contributed by atoms with Gasteiger partial charge in [-0.05, 0) is 43.7 Å². The number of carbonyl (C=O) groups excluding carboxylic acids is 1. The Morgan fingerprint density at radius 3 is 2.72 bits per heavy atom. The van der Waals surface area contributed by atoms with Gasteiger partial charge in [-0.1, -0.05) is 25.3 Å². The number of thiophene rings is 1. The molecule has 2 N–H and O–H groups in total. The summed E-state index contributed by atoms with van der Waals surface area (Å²) in [6.45, 7) is 6.24. The summed E-state index contributed by atoms with van der Waals surface area (Å²) in [7, 11) is 0. The van der Waals surface area contributed by atoms with Crippen LogP contribution in [0.2, 0.25) is 0 Å². The number of amides is 2. The van der Waals surface area contributed by atoms with Crippen LogP contribution in [0.1, 0.15) is 55.9 Å². The van der Waals surface area contributed by atoms with Gasteiger partial charge in [0.2, 0.25) is 0 Å². The number of piperidine rings is 1. The second-order valence-corrected chi connectivity index (χ2v) is 9.64. The van der Waals surface area contributed by atoms with E-state index < -0.39 is 0 Å². The van der Waals surface area contributed by atoms with Crippen LogP contribution in [-0.2, 0) is 4.74 Å². The lowest BCUT2D eigenvalue weighted by atomic mass is 9.92. The van der Waals surface area contributed by atoms with E-state index >= 15 is 0 Å². The maximum absolute atomic E-state index is 12.7. The molecule has 2 saturated heterocycles. The van der Waals surface area contributed by atoms with Crippen molar-refractivity contribution >= 4 is 17.4 Å². The first-order valence-electron chi connectivity index (χ1n) is 11.4. The highest BCUT2D eigenvalue weighted by atomic mass is 32.1. The minimum Gasteiger partial charge on any atom is -0.379 e. The van der Waals surface area contributed by atoms with E-state index in [1.54, 1.807) is 11.3 Å². The smallest absolute Gasteiger partial charge is 0.315 e. The van der Waals surface area contributed by atoms with Crippen LogP contribution in [0.5, 0.6) is 0 Å². The van der Waals surface area contributed by atoms with Gasteiger partial charge in [-0.15, -0.1) is 11.3 Å². The molecule has 29 heavy (non-hydrogen) atoms. The van der Waals surface area contributed by atoms with Gasteiger partial charge in [0.1, 0.15) is 0 Å². The lowest BCUT2D eigenvalue weighted by Gasteiger charge is -2.40. The predicted molar refractivity (Wildman–Crippen MR) is 117 cm³/mol. The van der Waals surface area contributed by atoms with E-state index in [1.807, 2.05) is 0 Å². The van der Waals surface area contributed by atoms with Crippen LogP contribution in [0.25, 0.3) is 0 Å². The van der Waals surface area contributed by atoms with Gasteiger partial charge in [0.15, 0.2) is 0 Å². The molecule has 3 aliphatic rings. The zero-order valence-corrected chi connectivity index (χ0v) is 18.3. The first kappa shape index (κ1) is 21.1. The molecule has 2 aliphatic heterocycles. The molecule has 1 aromatic heterocycles. The predicted octanol–water partition coefficient (Wildman–Crippen LogP) is 3.22. The summed E-state index contributed by atoms with van der Waals surface area (Å²) in [5, 5.41) is 8.54. The van der Waals surface area contributed by atoms with Crippen molar-refractivity contribution < 1.29 is 9.53 Å². The number of nitrogens with one attached hydrogen (secondary N) is 2. The van der Waals surface area contributed by atoms with Gasteiger partial charge in [0.25, 0.3) is 0 Å². The average Bonchev–Trinajstić information content (AvgIpc) is 3.30. The highest BCUT2D eigenvalue weighted by Gasteiger charge is 2.28. The Bertz CT molecular complexity index is 614. The summed E-state index contributed by atoms with van der Waals surface area (Å²) >= 11 is 1.77. The second kappa shape index (κ2) is 10.8. The van der Waals surface area contributed by atoms with Crippen LogP contribution in [0.15, 0.2) is 17.5 Å². The van der Waals surface area contributed by atoms with Crippen molar-refractivity contribution in [3.8, 4) is 0 Å². The molecule has 7 heteroatoms. The van der Waals surface area contributed by atoms with Crippen LogP contribution in [0, 0.1) is 0 Å². The third-order valence-electron chi connectivity index (χ3n) is 6.69. The zero-order chi connectivity index (χ0) is 19.9. The van der Waals surface area contributed by atoms with E-state index in [2.05, 4.69) is 37.9 Å². The second-order valence-electron chi connectivity index (χ2n) is 8.66. The van der Waals surface area contributed by atoms with E-state index in [0.717, 1.165) is 45.3 Å². The van der Waals surface area contributed by atoms with Crippen LogP contribution in [-0.4, -0.2) is 73.9 Å². The Balaban J connectivity index is 1.26. The molecule has 0 spiro atoms. The van der Waals surface area contributed by atoms with Crippen LogP contribution in [0.4, 0.5) is 4.79 Å². The van der Waals surface area contributed by atoms with Gasteiger partial charge in [-0.25, -0.2) is 4.79 Å². The Morgan fingerprint density at radius 1 is 1.14 bits per heavy atom. The Morgan fingerprint density at radius 2 is 1.97 bits per heavy atom.